The van der Waals surface area contributed by atoms with Crippen LogP contribution in [0.4, 0.5) is 0 Å². The Kier molecular flexibility index (Phi) is 15.2. The second-order valence-corrected chi connectivity index (χ2v) is 9.96. The van der Waals surface area contributed by atoms with Crippen molar-refractivity contribution < 1.29 is 79.5 Å². The third kappa shape index (κ3) is 9.29. The number of hydrogen-bond donors (Lipinski definition) is 10. The maximum Gasteiger partial charge on any atom is 0.187 e. The summed E-state index contributed by atoms with van der Waals surface area (Å²) in [6.45, 7) is 0.245. The van der Waals surface area contributed by atoms with Gasteiger partial charge in [-0.05, 0) is 6.42 Å². The van der Waals surface area contributed by atoms with Gasteiger partial charge in [0.1, 0.15) is 73.2 Å². The molecule has 2 rings (SSSR count). The van der Waals surface area contributed by atoms with Crippen molar-refractivity contribution in [1.82, 2.24) is 0 Å². The highest BCUT2D eigenvalue weighted by atomic mass is 16.7. The van der Waals surface area contributed by atoms with E-state index >= 15 is 0 Å². The molecule has 0 aromatic rings. The highest BCUT2D eigenvalue weighted by Crippen LogP contribution is 2.28. The van der Waals surface area contributed by atoms with E-state index in [1.807, 2.05) is 6.92 Å². The predicted octanol–water partition coefficient (Wildman–Crippen LogP) is -5.13. The summed E-state index contributed by atoms with van der Waals surface area (Å²) in [5.41, 5.74) is 0. The van der Waals surface area contributed by atoms with E-state index in [2.05, 4.69) is 0 Å². The van der Waals surface area contributed by atoms with E-state index in [4.69, 9.17) is 23.7 Å². The maximum absolute atomic E-state index is 10.8. The molecule has 0 bridgehead atoms. The van der Waals surface area contributed by atoms with Crippen molar-refractivity contribution in [2.75, 3.05) is 26.4 Å². The van der Waals surface area contributed by atoms with Gasteiger partial charge in [-0.3, -0.25) is 0 Å². The number of unbranched alkanes of at least 4 members (excludes halogenated alkanes) is 3. The molecule has 10 N–H and O–H groups in total. The van der Waals surface area contributed by atoms with Crippen LogP contribution in [0.1, 0.15) is 32.6 Å². The van der Waals surface area contributed by atoms with Gasteiger partial charge < -0.3 is 79.5 Å². The van der Waals surface area contributed by atoms with Crippen molar-refractivity contribution >= 4 is 6.29 Å². The van der Waals surface area contributed by atoms with Gasteiger partial charge in [-0.1, -0.05) is 26.2 Å². The fourth-order valence-electron chi connectivity index (χ4n) is 4.30. The van der Waals surface area contributed by atoms with E-state index < -0.39 is 106 Å². The van der Waals surface area contributed by atoms with Crippen LogP contribution in [0, 0.1) is 0 Å². The van der Waals surface area contributed by atoms with Crippen molar-refractivity contribution in [2.24, 2.45) is 0 Å². The predicted molar refractivity (Wildman–Crippen MR) is 130 cm³/mol. The van der Waals surface area contributed by atoms with Crippen LogP contribution < -0.4 is 0 Å². The van der Waals surface area contributed by atoms with E-state index in [0.29, 0.717) is 6.42 Å². The van der Waals surface area contributed by atoms with Gasteiger partial charge in [0.15, 0.2) is 18.9 Å². The molecular formula is C24H44O16. The van der Waals surface area contributed by atoms with Gasteiger partial charge in [-0.2, -0.15) is 0 Å². The zero-order chi connectivity index (χ0) is 30.0. The van der Waals surface area contributed by atoms with Crippen LogP contribution in [-0.4, -0.2) is 170 Å². The van der Waals surface area contributed by atoms with Crippen LogP contribution >= 0.6 is 0 Å². The van der Waals surface area contributed by atoms with Crippen LogP contribution in [0.15, 0.2) is 0 Å². The van der Waals surface area contributed by atoms with E-state index in [1.165, 1.54) is 0 Å². The number of carbonyl (C=O) groups excluding carboxylic acids is 1. The Labute approximate surface area is 231 Å². The quantitative estimate of drug-likeness (QED) is 0.0562. The highest BCUT2D eigenvalue weighted by molar-refractivity contribution is 5.56. The minimum atomic E-state index is -2.01. The van der Waals surface area contributed by atoms with E-state index in [9.17, 15) is 55.9 Å². The lowest BCUT2D eigenvalue weighted by Gasteiger charge is -2.44. The second-order valence-electron chi connectivity index (χ2n) is 9.96. The molecule has 0 radical (unpaired) electrons. The molecule has 0 aromatic heterocycles. The van der Waals surface area contributed by atoms with E-state index in [1.54, 1.807) is 0 Å². The van der Waals surface area contributed by atoms with Gasteiger partial charge in [0, 0.05) is 6.61 Å². The molecule has 2 saturated heterocycles. The molecule has 0 aromatic carbocycles. The minimum absolute atomic E-state index is 0.0219. The molecule has 0 amide bonds. The molecule has 0 spiro atoms. The van der Waals surface area contributed by atoms with Crippen LogP contribution in [0.3, 0.4) is 0 Å². The summed E-state index contributed by atoms with van der Waals surface area (Å²) in [7, 11) is 0. The molecule has 236 valence electrons. The third-order valence-corrected chi connectivity index (χ3v) is 6.89. The second kappa shape index (κ2) is 17.3. The summed E-state index contributed by atoms with van der Waals surface area (Å²) in [6, 6.07) is 0. The molecule has 2 heterocycles. The lowest BCUT2D eigenvalue weighted by atomic mass is 9.98. The molecule has 0 unspecified atom stereocenters. The first-order valence-electron chi connectivity index (χ1n) is 13.3. The van der Waals surface area contributed by atoms with E-state index in [0.717, 1.165) is 19.3 Å². The largest absolute Gasteiger partial charge is 0.394 e. The molecule has 2 aliphatic heterocycles. The Balaban J connectivity index is 2.08. The monoisotopic (exact) mass is 588 g/mol. The van der Waals surface area contributed by atoms with Gasteiger partial charge in [0.25, 0.3) is 0 Å². The summed E-state index contributed by atoms with van der Waals surface area (Å²) in [4.78, 5) is 10.7. The van der Waals surface area contributed by atoms with Crippen molar-refractivity contribution in [2.45, 2.75) is 118 Å². The number of aliphatic hydroxyl groups excluding tert-OH is 10. The first-order chi connectivity index (χ1) is 19.0. The number of ether oxygens (including phenoxy) is 5. The lowest BCUT2D eigenvalue weighted by molar-refractivity contribution is -0.337. The zero-order valence-electron chi connectivity index (χ0n) is 22.2. The summed E-state index contributed by atoms with van der Waals surface area (Å²) in [5.74, 6) is 0. The van der Waals surface area contributed by atoms with Gasteiger partial charge in [0.2, 0.25) is 0 Å². The molecular weight excluding hydrogens is 544 g/mol. The first-order valence-corrected chi connectivity index (χ1v) is 13.3. The highest BCUT2D eigenvalue weighted by Gasteiger charge is 2.48. The molecule has 2 aliphatic rings. The first kappa shape index (κ1) is 35.3. The molecule has 40 heavy (non-hydrogen) atoms. The van der Waals surface area contributed by atoms with Crippen LogP contribution in [0.2, 0.25) is 0 Å². The summed E-state index contributed by atoms with van der Waals surface area (Å²) in [6.07, 6.45) is -19.5. The summed E-state index contributed by atoms with van der Waals surface area (Å²) >= 11 is 0. The number of hydrogen-bond acceptors (Lipinski definition) is 16. The fraction of sp³-hybridized carbons (Fsp3) is 0.958. The smallest absolute Gasteiger partial charge is 0.187 e. The summed E-state index contributed by atoms with van der Waals surface area (Å²) in [5, 5.41) is 100. The average molecular weight is 589 g/mol. The Bertz CT molecular complexity index is 714. The Morgan fingerprint density at radius 1 is 0.750 bits per heavy atom. The van der Waals surface area contributed by atoms with Crippen molar-refractivity contribution in [3.8, 4) is 0 Å². The molecule has 16 heteroatoms. The van der Waals surface area contributed by atoms with Crippen molar-refractivity contribution in [3.05, 3.63) is 0 Å². The average Bonchev–Trinajstić information content (AvgIpc) is 2.95. The molecule has 2 fully saturated rings. The van der Waals surface area contributed by atoms with Crippen molar-refractivity contribution in [3.63, 3.8) is 0 Å². The minimum Gasteiger partial charge on any atom is -0.394 e. The number of aldehydes is 1. The summed E-state index contributed by atoms with van der Waals surface area (Å²) < 4.78 is 27.6. The number of carbonyl (C=O) groups is 1. The fourth-order valence-corrected chi connectivity index (χ4v) is 4.30. The Morgan fingerprint density at radius 3 is 2.02 bits per heavy atom. The maximum atomic E-state index is 10.8. The van der Waals surface area contributed by atoms with Crippen LogP contribution in [-0.2, 0) is 28.5 Å². The lowest BCUT2D eigenvalue weighted by Crippen LogP contribution is -2.62. The third-order valence-electron chi connectivity index (χ3n) is 6.89. The normalized spacial score (nSPS) is 38.0. The Morgan fingerprint density at radius 2 is 1.40 bits per heavy atom. The molecule has 16 nitrogen and oxygen atoms in total. The number of aliphatic hydroxyl groups is 10. The van der Waals surface area contributed by atoms with Gasteiger partial charge >= 0.3 is 0 Å². The van der Waals surface area contributed by atoms with Gasteiger partial charge in [-0.25, -0.2) is 0 Å². The standard InChI is InChI=1S/C24H44O16/c1-2-3-4-5-6-36-22-20(34)18(32)14(10-38-23-21(35)19(33)17(31)13(8-26)39-23)40-24(22)37-9-12(28)16(30)15(29)11(27)7-25/h7,11-24,26-35H,2-6,8-10H2,1H3/t11-,12+,13+,14+,15+,16+,17+,18+,19-,20-,21+,22+,23-,24-/m0/s1. The van der Waals surface area contributed by atoms with Crippen LogP contribution in [0.5, 0.6) is 0 Å². The Hall–Kier alpha value is -0.930. The topological polar surface area (TPSA) is 266 Å². The van der Waals surface area contributed by atoms with Crippen molar-refractivity contribution in [1.29, 1.82) is 0 Å². The molecule has 0 aliphatic carbocycles. The van der Waals surface area contributed by atoms with E-state index in [-0.39, 0.29) is 12.9 Å². The number of rotatable bonds is 17. The zero-order valence-corrected chi connectivity index (χ0v) is 22.2. The van der Waals surface area contributed by atoms with Gasteiger partial charge in [-0.15, -0.1) is 0 Å². The van der Waals surface area contributed by atoms with Gasteiger partial charge in [0.05, 0.1) is 19.8 Å². The van der Waals surface area contributed by atoms with Crippen LogP contribution in [0.25, 0.3) is 0 Å². The molecule has 14 atom stereocenters. The molecule has 0 saturated carbocycles. The SMILES string of the molecule is CCCCCCO[C@H]1[C@@H](OC[C@@H](O)[C@@H](O)[C@H](O)[C@@H](O)C=O)O[C@H](CO[C@H]2O[C@H](CO)[C@@H](O)[C@H](O)[C@H]2O)[C@@H](O)[C@@H]1O.